The smallest absolute Gasteiger partial charge is 0.246 e. The number of rotatable bonds is 5. The van der Waals surface area contributed by atoms with Crippen LogP contribution < -0.4 is 9.64 Å². The third-order valence-corrected chi connectivity index (χ3v) is 6.02. The Labute approximate surface area is 177 Å². The lowest BCUT2D eigenvalue weighted by molar-refractivity contribution is -0.136. The number of para-hydroxylation sites is 2. The Morgan fingerprint density at radius 2 is 1.73 bits per heavy atom. The van der Waals surface area contributed by atoms with Crippen LogP contribution in [-0.4, -0.2) is 49.1 Å². The van der Waals surface area contributed by atoms with Gasteiger partial charge in [-0.05, 0) is 30.5 Å². The van der Waals surface area contributed by atoms with Crippen LogP contribution in [0.2, 0.25) is 0 Å². The molecule has 0 saturated carbocycles. The number of nitrogens with zero attached hydrogens (tertiary/aromatic N) is 2. The second-order valence-corrected chi connectivity index (χ2v) is 7.89. The highest BCUT2D eigenvalue weighted by molar-refractivity contribution is 6.02. The van der Waals surface area contributed by atoms with Gasteiger partial charge in [-0.3, -0.25) is 14.5 Å². The molecule has 6 nitrogen and oxygen atoms in total. The predicted octanol–water partition coefficient (Wildman–Crippen LogP) is 3.18. The molecule has 1 atom stereocenters. The van der Waals surface area contributed by atoms with Gasteiger partial charge >= 0.3 is 0 Å². The number of amides is 2. The average molecular weight is 408 g/mol. The lowest BCUT2D eigenvalue weighted by atomic mass is 10.0. The molecule has 2 aliphatic heterocycles. The van der Waals surface area contributed by atoms with E-state index in [4.69, 9.17) is 9.47 Å². The van der Waals surface area contributed by atoms with Gasteiger partial charge in [-0.25, -0.2) is 0 Å². The standard InChI is InChI=1S/C24H28N2O4/c1-17(27)26-21-9-5-3-7-18(21)15-22(26)24(28)25-13-11-20(12-14-25)30-16-19-8-4-6-10-23(19)29-2/h3-10,20,22H,11-16H2,1-2H3/t22-/m0/s1. The molecule has 158 valence electrons. The van der Waals surface area contributed by atoms with Crippen LogP contribution in [0.15, 0.2) is 48.5 Å². The van der Waals surface area contributed by atoms with Gasteiger partial charge in [0.25, 0.3) is 0 Å². The minimum absolute atomic E-state index is 0.0320. The third kappa shape index (κ3) is 4.05. The van der Waals surface area contributed by atoms with Gasteiger partial charge in [-0.15, -0.1) is 0 Å². The summed E-state index contributed by atoms with van der Waals surface area (Å²) in [6.45, 7) is 3.32. The predicted molar refractivity (Wildman–Crippen MR) is 114 cm³/mol. The summed E-state index contributed by atoms with van der Waals surface area (Å²) < 4.78 is 11.5. The molecule has 0 N–H and O–H groups in total. The summed E-state index contributed by atoms with van der Waals surface area (Å²) in [6.07, 6.45) is 2.28. The van der Waals surface area contributed by atoms with Gasteiger partial charge in [0, 0.05) is 37.7 Å². The SMILES string of the molecule is COc1ccccc1COC1CCN(C(=O)[C@@H]2Cc3ccccc3N2C(C)=O)CC1. The largest absolute Gasteiger partial charge is 0.496 e. The van der Waals surface area contributed by atoms with Gasteiger partial charge in [0.05, 0.1) is 19.8 Å². The first-order valence-corrected chi connectivity index (χ1v) is 10.5. The normalized spacial score (nSPS) is 18.9. The Kier molecular flexibility index (Phi) is 6.04. The highest BCUT2D eigenvalue weighted by Crippen LogP contribution is 2.33. The lowest BCUT2D eigenvalue weighted by Gasteiger charge is -2.35. The fourth-order valence-electron chi connectivity index (χ4n) is 4.46. The molecule has 0 aliphatic carbocycles. The van der Waals surface area contributed by atoms with Gasteiger partial charge in [-0.2, -0.15) is 0 Å². The van der Waals surface area contributed by atoms with Gasteiger partial charge in [0.2, 0.25) is 11.8 Å². The highest BCUT2D eigenvalue weighted by atomic mass is 16.5. The summed E-state index contributed by atoms with van der Waals surface area (Å²) in [6, 6.07) is 15.2. The maximum atomic E-state index is 13.2. The number of ether oxygens (including phenoxy) is 2. The first kappa shape index (κ1) is 20.4. The summed E-state index contributed by atoms with van der Waals surface area (Å²) in [5, 5.41) is 0. The van der Waals surface area contributed by atoms with Crippen molar-refractivity contribution in [2.45, 2.75) is 44.9 Å². The van der Waals surface area contributed by atoms with Crippen molar-refractivity contribution in [3.63, 3.8) is 0 Å². The van der Waals surface area contributed by atoms with E-state index in [-0.39, 0.29) is 17.9 Å². The van der Waals surface area contributed by atoms with E-state index in [2.05, 4.69) is 0 Å². The second-order valence-electron chi connectivity index (χ2n) is 7.89. The molecule has 30 heavy (non-hydrogen) atoms. The number of anilines is 1. The van der Waals surface area contributed by atoms with Crippen molar-refractivity contribution in [2.75, 3.05) is 25.1 Å². The zero-order chi connectivity index (χ0) is 21.1. The van der Waals surface area contributed by atoms with E-state index in [1.807, 2.05) is 53.4 Å². The van der Waals surface area contributed by atoms with Crippen molar-refractivity contribution >= 4 is 17.5 Å². The molecule has 0 unspecified atom stereocenters. The van der Waals surface area contributed by atoms with Crippen LogP contribution in [-0.2, 0) is 27.4 Å². The van der Waals surface area contributed by atoms with Crippen molar-refractivity contribution in [2.24, 2.45) is 0 Å². The fourth-order valence-corrected chi connectivity index (χ4v) is 4.46. The number of piperidine rings is 1. The number of carbonyl (C=O) groups is 2. The minimum Gasteiger partial charge on any atom is -0.496 e. The van der Waals surface area contributed by atoms with E-state index in [0.29, 0.717) is 26.1 Å². The van der Waals surface area contributed by atoms with Crippen molar-refractivity contribution in [3.05, 3.63) is 59.7 Å². The molecular formula is C24H28N2O4. The summed E-state index contributed by atoms with van der Waals surface area (Å²) in [4.78, 5) is 29.0. The van der Waals surface area contributed by atoms with Crippen LogP contribution in [0.1, 0.15) is 30.9 Å². The summed E-state index contributed by atoms with van der Waals surface area (Å²) in [5.41, 5.74) is 2.94. The molecule has 0 aromatic heterocycles. The number of methoxy groups -OCH3 is 1. The quantitative estimate of drug-likeness (QED) is 0.763. The van der Waals surface area contributed by atoms with Crippen molar-refractivity contribution in [3.8, 4) is 5.75 Å². The molecule has 6 heteroatoms. The van der Waals surface area contributed by atoms with Gasteiger partial charge in [0.15, 0.2) is 0 Å². The van der Waals surface area contributed by atoms with Crippen molar-refractivity contribution in [1.82, 2.24) is 4.90 Å². The van der Waals surface area contributed by atoms with Crippen LogP contribution in [0.5, 0.6) is 5.75 Å². The van der Waals surface area contributed by atoms with E-state index >= 15 is 0 Å². The molecule has 2 aromatic carbocycles. The van der Waals surface area contributed by atoms with Gasteiger partial charge in [-0.1, -0.05) is 36.4 Å². The van der Waals surface area contributed by atoms with Crippen LogP contribution in [0.4, 0.5) is 5.69 Å². The molecule has 1 saturated heterocycles. The van der Waals surface area contributed by atoms with E-state index < -0.39 is 6.04 Å². The molecule has 2 aliphatic rings. The van der Waals surface area contributed by atoms with Gasteiger partial charge in [0.1, 0.15) is 11.8 Å². The zero-order valence-corrected chi connectivity index (χ0v) is 17.5. The number of hydrogen-bond donors (Lipinski definition) is 0. The fraction of sp³-hybridized carbons (Fsp3) is 0.417. The van der Waals surface area contributed by atoms with E-state index in [1.165, 1.54) is 6.92 Å². The topological polar surface area (TPSA) is 59.1 Å². The van der Waals surface area contributed by atoms with Crippen LogP contribution in [0.25, 0.3) is 0 Å². The molecule has 4 rings (SSSR count). The van der Waals surface area contributed by atoms with E-state index in [0.717, 1.165) is 35.4 Å². The lowest BCUT2D eigenvalue weighted by Crippen LogP contribution is -2.51. The molecule has 0 radical (unpaired) electrons. The average Bonchev–Trinajstić information content (AvgIpc) is 3.17. The highest BCUT2D eigenvalue weighted by Gasteiger charge is 2.39. The molecule has 2 amide bonds. The summed E-state index contributed by atoms with van der Waals surface area (Å²) >= 11 is 0. The first-order valence-electron chi connectivity index (χ1n) is 10.5. The maximum Gasteiger partial charge on any atom is 0.246 e. The molecule has 2 aromatic rings. The molecule has 2 heterocycles. The van der Waals surface area contributed by atoms with Crippen molar-refractivity contribution < 1.29 is 19.1 Å². The van der Waals surface area contributed by atoms with Crippen molar-refractivity contribution in [1.29, 1.82) is 0 Å². The maximum absolute atomic E-state index is 13.2. The van der Waals surface area contributed by atoms with Crippen LogP contribution in [0.3, 0.4) is 0 Å². The Morgan fingerprint density at radius 1 is 1.03 bits per heavy atom. The Morgan fingerprint density at radius 3 is 2.47 bits per heavy atom. The molecule has 0 bridgehead atoms. The second kappa shape index (κ2) is 8.88. The number of carbonyl (C=O) groups excluding carboxylic acids is 2. The number of fused-ring (bicyclic) bond motifs is 1. The van der Waals surface area contributed by atoms with Crippen LogP contribution in [0, 0.1) is 0 Å². The van der Waals surface area contributed by atoms with E-state index in [1.54, 1.807) is 12.0 Å². The zero-order valence-electron chi connectivity index (χ0n) is 17.5. The minimum atomic E-state index is -0.439. The molecular weight excluding hydrogens is 380 g/mol. The Hall–Kier alpha value is -2.86. The number of likely N-dealkylation sites (tertiary alicyclic amines) is 1. The molecule has 1 fully saturated rings. The summed E-state index contributed by atoms with van der Waals surface area (Å²) in [5.74, 6) is 0.771. The van der Waals surface area contributed by atoms with Crippen LogP contribution >= 0.6 is 0 Å². The molecule has 0 spiro atoms. The number of benzene rings is 2. The van der Waals surface area contributed by atoms with Gasteiger partial charge < -0.3 is 14.4 Å². The Balaban J connectivity index is 1.34. The van der Waals surface area contributed by atoms with E-state index in [9.17, 15) is 9.59 Å². The number of hydrogen-bond acceptors (Lipinski definition) is 4. The summed E-state index contributed by atoms with van der Waals surface area (Å²) in [7, 11) is 1.66. The third-order valence-electron chi connectivity index (χ3n) is 6.02. The first-order chi connectivity index (χ1) is 14.6. The monoisotopic (exact) mass is 408 g/mol. The Bertz CT molecular complexity index is 921.